The van der Waals surface area contributed by atoms with Crippen LogP contribution in [0.15, 0.2) is 108 Å². The van der Waals surface area contributed by atoms with Crippen LogP contribution in [0.2, 0.25) is 0 Å². The first-order chi connectivity index (χ1) is 29.6. The van der Waals surface area contributed by atoms with Gasteiger partial charge in [-0.2, -0.15) is 0 Å². The largest absolute Gasteiger partial charge is 0.737 e. The molecule has 1 aromatic heterocycles. The molecule has 6 rings (SSSR count). The summed E-state index contributed by atoms with van der Waals surface area (Å²) in [5, 5.41) is 37.8. The number of aryl methyl sites for hydroxylation is 1. The van der Waals surface area contributed by atoms with Gasteiger partial charge in [0.1, 0.15) is 25.4 Å². The van der Waals surface area contributed by atoms with Gasteiger partial charge < -0.3 is 52.4 Å². The third kappa shape index (κ3) is 10.4. The number of fused-ring (bicyclic) bond motifs is 2. The number of halogens is 2. The van der Waals surface area contributed by atoms with Gasteiger partial charge in [-0.25, -0.2) is 0 Å². The van der Waals surface area contributed by atoms with Gasteiger partial charge in [0.05, 0.1) is 37.6 Å². The summed E-state index contributed by atoms with van der Waals surface area (Å²) in [4.78, 5) is 48.6. The Morgan fingerprint density at radius 3 is 1.89 bits per heavy atom. The van der Waals surface area contributed by atoms with E-state index in [1.807, 2.05) is 60.7 Å². The first kappa shape index (κ1) is 44.4. The van der Waals surface area contributed by atoms with Crippen LogP contribution in [0.4, 0.5) is 14.3 Å². The summed E-state index contributed by atoms with van der Waals surface area (Å²) in [6, 6.07) is 25.0. The fourth-order valence-electron chi connectivity index (χ4n) is 7.61. The number of carboxylic acids is 4. The van der Waals surface area contributed by atoms with E-state index in [9.17, 15) is 29.4 Å². The van der Waals surface area contributed by atoms with Gasteiger partial charge in [0.2, 0.25) is 0 Å². The maximum atomic E-state index is 17.5. The molecule has 0 bridgehead atoms. The summed E-state index contributed by atoms with van der Waals surface area (Å²) in [5.41, 5.74) is 4.69. The van der Waals surface area contributed by atoms with Gasteiger partial charge in [0.15, 0.2) is 11.4 Å². The van der Waals surface area contributed by atoms with E-state index in [-0.39, 0.29) is 60.6 Å². The minimum atomic E-state index is -4.52. The van der Waals surface area contributed by atoms with Crippen molar-refractivity contribution in [3.05, 3.63) is 142 Å². The number of allylic oxidation sites excluding steroid dienone is 3. The van der Waals surface area contributed by atoms with Crippen LogP contribution in [-0.2, 0) is 23.9 Å². The van der Waals surface area contributed by atoms with Crippen molar-refractivity contribution in [3.63, 3.8) is 0 Å². The molecule has 0 fully saturated rings. The molecule has 0 spiro atoms. The minimum absolute atomic E-state index is 0.0160. The molecule has 0 saturated heterocycles. The smallest absolute Gasteiger partial charge is 0.489 e. The van der Waals surface area contributed by atoms with Crippen LogP contribution in [0, 0.1) is 6.92 Å². The highest BCUT2D eigenvalue weighted by Gasteiger charge is 2.55. The van der Waals surface area contributed by atoms with Gasteiger partial charge in [0, 0.05) is 35.7 Å². The van der Waals surface area contributed by atoms with Crippen molar-refractivity contribution in [2.45, 2.75) is 13.8 Å². The fraction of sp³-hybridized carbons (Fsp3) is 0.222. The van der Waals surface area contributed by atoms with Crippen molar-refractivity contribution < 1.29 is 62.2 Å². The van der Waals surface area contributed by atoms with Crippen LogP contribution in [0.3, 0.4) is 0 Å². The topological polar surface area (TPSA) is 182 Å². The van der Waals surface area contributed by atoms with E-state index in [4.69, 9.17) is 19.7 Å². The molecule has 0 aliphatic carbocycles. The van der Waals surface area contributed by atoms with Crippen molar-refractivity contribution >= 4 is 66.0 Å². The Labute approximate surface area is 355 Å². The number of nitrogens with zero attached hydrogens (tertiary/aromatic N) is 4. The summed E-state index contributed by atoms with van der Waals surface area (Å²) >= 11 is 0. The molecule has 0 radical (unpaired) electrons. The molecule has 0 saturated carbocycles. The zero-order chi connectivity index (χ0) is 44.6. The standard InChI is InChI=1S/C45H45BF2N4O10/c1-30-23-35(16-13-32-9-5-3-6-10-32)51-44(30)43(45-31(2)24-36(52(45)46(51,47)48)17-14-33-11-7-4-8-12-33)34-15-18-37(50(28-41(57)58)29-42(59)60)38(25-34)62-22-21-61-20-19-49(26-39(53)54)27-40(55)56/h3-18,23-25H,19-22,26-29H2,1-2H3,(H,53,54)(H,55,56)(H,57,58)(H,59,60)/b16-13+,17-14+. The molecule has 14 nitrogen and oxygen atoms in total. The van der Waals surface area contributed by atoms with Crippen LogP contribution in [0.1, 0.15) is 40.6 Å². The molecule has 3 heterocycles. The van der Waals surface area contributed by atoms with Crippen molar-refractivity contribution in [3.8, 4) is 5.75 Å². The minimum Gasteiger partial charge on any atom is -0.489 e. The maximum Gasteiger partial charge on any atom is 0.737 e. The van der Waals surface area contributed by atoms with Crippen LogP contribution in [0.5, 0.6) is 5.75 Å². The predicted molar refractivity (Wildman–Crippen MR) is 230 cm³/mol. The first-order valence-electron chi connectivity index (χ1n) is 19.6. The quantitative estimate of drug-likeness (QED) is 0.0574. The van der Waals surface area contributed by atoms with Crippen molar-refractivity contribution in [2.24, 2.45) is 0 Å². The lowest BCUT2D eigenvalue weighted by Gasteiger charge is -2.34. The van der Waals surface area contributed by atoms with E-state index in [0.717, 1.165) is 25.0 Å². The number of carbonyl (C=O) groups is 4. The number of hydrogen-bond acceptors (Lipinski definition) is 8. The third-order valence-electron chi connectivity index (χ3n) is 10.1. The lowest BCUT2D eigenvalue weighted by molar-refractivity contribution is -0.362. The van der Waals surface area contributed by atoms with Gasteiger partial charge in [-0.15, -0.1) is 0 Å². The molecule has 4 aromatic rings. The third-order valence-corrected chi connectivity index (χ3v) is 10.1. The SMILES string of the molecule is CC1=CC(/C=C/c2ccccc2)=[N+]2C1=C(c1ccc(N(CC(=O)O)CC(=O)O)c(OCCOCCN(CC(=O)O)CC(=O)O)c1)c1c(C)cc(/C=C/c3ccccc3)n1[B-]2(F)F. The summed E-state index contributed by atoms with van der Waals surface area (Å²) in [7, 11) is 0. The number of ether oxygens (including phenoxy) is 2. The highest BCUT2D eigenvalue weighted by Crippen LogP contribution is 2.46. The molecule has 4 N–H and O–H groups in total. The highest BCUT2D eigenvalue weighted by molar-refractivity contribution is 6.58. The molecule has 322 valence electrons. The monoisotopic (exact) mass is 850 g/mol. The molecule has 17 heteroatoms. The summed E-state index contributed by atoms with van der Waals surface area (Å²) < 4.78 is 48.9. The van der Waals surface area contributed by atoms with Gasteiger partial charge >= 0.3 is 30.8 Å². The lowest BCUT2D eigenvalue weighted by Crippen LogP contribution is -2.51. The molecule has 2 aliphatic rings. The zero-order valence-electron chi connectivity index (χ0n) is 34.0. The van der Waals surface area contributed by atoms with E-state index in [0.29, 0.717) is 22.3 Å². The lowest BCUT2D eigenvalue weighted by atomic mass is 9.83. The molecular formula is C45H45BF2N4O10. The second kappa shape index (κ2) is 19.5. The first-order valence-corrected chi connectivity index (χ1v) is 19.6. The van der Waals surface area contributed by atoms with E-state index in [2.05, 4.69) is 0 Å². The second-order valence-electron chi connectivity index (χ2n) is 14.7. The molecule has 2 aliphatic heterocycles. The number of rotatable bonds is 21. The number of carboxylic acid groups (broad SMARTS) is 4. The van der Waals surface area contributed by atoms with Crippen molar-refractivity contribution in [1.29, 1.82) is 0 Å². The number of aromatic nitrogens is 1. The Balaban J connectivity index is 1.46. The van der Waals surface area contributed by atoms with E-state index in [1.165, 1.54) is 11.0 Å². The van der Waals surface area contributed by atoms with E-state index >= 15 is 8.63 Å². The molecule has 0 unspecified atom stereocenters. The molecular weight excluding hydrogens is 805 g/mol. The molecule has 62 heavy (non-hydrogen) atoms. The molecule has 0 amide bonds. The van der Waals surface area contributed by atoms with Crippen LogP contribution in [-0.4, -0.2) is 123 Å². The zero-order valence-corrected chi connectivity index (χ0v) is 34.0. The highest BCUT2D eigenvalue weighted by atomic mass is 19.2. The Kier molecular flexibility index (Phi) is 14.0. The van der Waals surface area contributed by atoms with Gasteiger partial charge in [0.25, 0.3) is 0 Å². The average Bonchev–Trinajstić information content (AvgIpc) is 3.74. The number of benzene rings is 3. The Bertz CT molecular complexity index is 2480. The summed E-state index contributed by atoms with van der Waals surface area (Å²) in [5.74, 6) is -4.99. The summed E-state index contributed by atoms with van der Waals surface area (Å²) in [6.45, 7) is -3.77. The number of hydrogen-bond donors (Lipinski definition) is 4. The summed E-state index contributed by atoms with van der Waals surface area (Å²) in [6.07, 6.45) is 8.52. The number of aliphatic carboxylic acids is 4. The Morgan fingerprint density at radius 2 is 1.31 bits per heavy atom. The van der Waals surface area contributed by atoms with Gasteiger partial charge in [-0.3, -0.25) is 24.1 Å². The van der Waals surface area contributed by atoms with Crippen LogP contribution < -0.4 is 9.64 Å². The Morgan fingerprint density at radius 1 is 0.726 bits per heavy atom. The fourth-order valence-corrected chi connectivity index (χ4v) is 7.61. The Hall–Kier alpha value is -7.11. The maximum absolute atomic E-state index is 17.5. The van der Waals surface area contributed by atoms with Crippen LogP contribution >= 0.6 is 0 Å². The molecule has 0 atom stereocenters. The van der Waals surface area contributed by atoms with Gasteiger partial charge in [-0.05, 0) is 66.5 Å². The second-order valence-corrected chi connectivity index (χ2v) is 14.7. The van der Waals surface area contributed by atoms with Crippen LogP contribution in [0.25, 0.3) is 23.8 Å². The van der Waals surface area contributed by atoms with E-state index in [1.54, 1.807) is 62.4 Å². The normalized spacial score (nSPS) is 14.4. The number of anilines is 1. The predicted octanol–water partition coefficient (Wildman–Crippen LogP) is 5.93. The van der Waals surface area contributed by atoms with Crippen molar-refractivity contribution in [2.75, 3.05) is 57.4 Å². The molecule has 3 aromatic carbocycles. The van der Waals surface area contributed by atoms with E-state index < -0.39 is 57.0 Å². The van der Waals surface area contributed by atoms with Crippen molar-refractivity contribution in [1.82, 2.24) is 9.38 Å². The average molecular weight is 851 g/mol. The van der Waals surface area contributed by atoms with Gasteiger partial charge in [-0.1, -0.05) is 72.8 Å².